The van der Waals surface area contributed by atoms with E-state index in [-0.39, 0.29) is 5.69 Å². The molecular weight excluding hydrogens is 268 g/mol. The fourth-order valence-electron chi connectivity index (χ4n) is 1.88. The number of nitro benzene ring substituents is 1. The van der Waals surface area contributed by atoms with E-state index in [2.05, 4.69) is 11.2 Å². The molecule has 108 valence electrons. The Morgan fingerprint density at radius 3 is 2.81 bits per heavy atom. The first-order valence-electron chi connectivity index (χ1n) is 6.52. The van der Waals surface area contributed by atoms with Gasteiger partial charge < -0.3 is 4.84 Å². The molecule has 0 fully saturated rings. The molecule has 5 nitrogen and oxygen atoms in total. The van der Waals surface area contributed by atoms with Crippen molar-refractivity contribution in [3.8, 4) is 0 Å². The Kier molecular flexibility index (Phi) is 4.66. The number of nitrogens with zero attached hydrogens (tertiary/aromatic N) is 2. The molecule has 0 aliphatic rings. The minimum atomic E-state index is -0.436. The van der Waals surface area contributed by atoms with Gasteiger partial charge in [0, 0.05) is 17.7 Å². The van der Waals surface area contributed by atoms with Crippen molar-refractivity contribution in [2.75, 3.05) is 0 Å². The summed E-state index contributed by atoms with van der Waals surface area (Å²) < 4.78 is 0. The van der Waals surface area contributed by atoms with Gasteiger partial charge in [-0.1, -0.05) is 41.1 Å². The molecule has 2 aromatic rings. The number of rotatable bonds is 5. The lowest BCUT2D eigenvalue weighted by atomic mass is 10.1. The van der Waals surface area contributed by atoms with Crippen LogP contribution in [0.3, 0.4) is 0 Å². The number of nitro groups is 1. The van der Waals surface area contributed by atoms with Gasteiger partial charge in [0.15, 0.2) is 0 Å². The highest BCUT2D eigenvalue weighted by molar-refractivity contribution is 5.80. The van der Waals surface area contributed by atoms with Crippen LogP contribution in [0.2, 0.25) is 0 Å². The summed E-state index contributed by atoms with van der Waals surface area (Å²) in [4.78, 5) is 15.5. The molecule has 2 aromatic carbocycles. The monoisotopic (exact) mass is 284 g/mol. The van der Waals surface area contributed by atoms with E-state index >= 15 is 0 Å². The summed E-state index contributed by atoms with van der Waals surface area (Å²) in [6, 6.07) is 12.4. The van der Waals surface area contributed by atoms with E-state index in [1.807, 2.05) is 26.0 Å². The zero-order chi connectivity index (χ0) is 15.2. The van der Waals surface area contributed by atoms with Crippen molar-refractivity contribution >= 4 is 11.9 Å². The fourth-order valence-corrected chi connectivity index (χ4v) is 1.88. The van der Waals surface area contributed by atoms with Crippen molar-refractivity contribution in [2.45, 2.75) is 20.5 Å². The molecule has 0 spiro atoms. The molecule has 0 atom stereocenters. The van der Waals surface area contributed by atoms with Crippen molar-refractivity contribution in [3.05, 3.63) is 74.8 Å². The molecule has 2 rings (SSSR count). The highest BCUT2D eigenvalue weighted by atomic mass is 16.6. The highest BCUT2D eigenvalue weighted by Crippen LogP contribution is 2.13. The molecule has 0 aliphatic carbocycles. The van der Waals surface area contributed by atoms with Gasteiger partial charge in [0.2, 0.25) is 0 Å². The predicted molar refractivity (Wildman–Crippen MR) is 81.4 cm³/mol. The van der Waals surface area contributed by atoms with Gasteiger partial charge in [-0.15, -0.1) is 0 Å². The van der Waals surface area contributed by atoms with E-state index < -0.39 is 4.92 Å². The summed E-state index contributed by atoms with van der Waals surface area (Å²) in [5.41, 5.74) is 4.05. The number of non-ortho nitro benzene ring substituents is 1. The lowest BCUT2D eigenvalue weighted by molar-refractivity contribution is -0.384. The molecule has 0 aromatic heterocycles. The van der Waals surface area contributed by atoms with Gasteiger partial charge in [0.05, 0.1) is 11.1 Å². The Hall–Kier alpha value is -2.69. The number of hydrogen-bond acceptors (Lipinski definition) is 4. The smallest absolute Gasteiger partial charge is 0.270 e. The Labute approximate surface area is 123 Å². The maximum atomic E-state index is 10.7. The number of aryl methyl sites for hydroxylation is 2. The molecule has 0 saturated heterocycles. The van der Waals surface area contributed by atoms with Crippen molar-refractivity contribution < 1.29 is 9.76 Å². The third kappa shape index (κ3) is 4.14. The molecule has 0 saturated carbocycles. The lowest BCUT2D eigenvalue weighted by Crippen LogP contribution is -1.93. The average Bonchev–Trinajstić information content (AvgIpc) is 2.47. The lowest BCUT2D eigenvalue weighted by Gasteiger charge is -2.05. The van der Waals surface area contributed by atoms with E-state index in [1.165, 1.54) is 23.9 Å². The summed E-state index contributed by atoms with van der Waals surface area (Å²) in [6.45, 7) is 4.41. The first-order valence-corrected chi connectivity index (χ1v) is 6.52. The number of hydrogen-bond donors (Lipinski definition) is 0. The molecular formula is C16H16N2O3. The second-order valence-corrected chi connectivity index (χ2v) is 4.79. The highest BCUT2D eigenvalue weighted by Gasteiger charge is 2.04. The molecule has 21 heavy (non-hydrogen) atoms. The van der Waals surface area contributed by atoms with Crippen molar-refractivity contribution in [1.82, 2.24) is 0 Å². The third-order valence-corrected chi connectivity index (χ3v) is 3.08. The van der Waals surface area contributed by atoms with E-state index in [4.69, 9.17) is 4.84 Å². The van der Waals surface area contributed by atoms with Gasteiger partial charge in [-0.3, -0.25) is 10.1 Å². The van der Waals surface area contributed by atoms with Crippen LogP contribution in [0.15, 0.2) is 47.6 Å². The Bertz CT molecular complexity index is 681. The number of benzene rings is 2. The van der Waals surface area contributed by atoms with E-state index in [0.29, 0.717) is 12.2 Å². The van der Waals surface area contributed by atoms with Crippen LogP contribution >= 0.6 is 0 Å². The first-order chi connectivity index (χ1) is 10.1. The maximum Gasteiger partial charge on any atom is 0.270 e. The Morgan fingerprint density at radius 1 is 1.24 bits per heavy atom. The van der Waals surface area contributed by atoms with Crippen molar-refractivity contribution in [3.63, 3.8) is 0 Å². The molecule has 0 bridgehead atoms. The van der Waals surface area contributed by atoms with Gasteiger partial charge in [-0.05, 0) is 25.0 Å². The molecule has 5 heteroatoms. The topological polar surface area (TPSA) is 64.7 Å². The minimum Gasteiger partial charge on any atom is -0.391 e. The Balaban J connectivity index is 1.98. The van der Waals surface area contributed by atoms with E-state index in [1.54, 1.807) is 12.1 Å². The van der Waals surface area contributed by atoms with Crippen LogP contribution in [0.5, 0.6) is 0 Å². The Morgan fingerprint density at radius 2 is 2.05 bits per heavy atom. The molecule has 0 N–H and O–H groups in total. The van der Waals surface area contributed by atoms with Crippen LogP contribution in [0.1, 0.15) is 22.3 Å². The van der Waals surface area contributed by atoms with Gasteiger partial charge in [0.1, 0.15) is 6.61 Å². The summed E-state index contributed by atoms with van der Waals surface area (Å²) in [6.07, 6.45) is 1.47. The zero-order valence-corrected chi connectivity index (χ0v) is 11.9. The molecule has 0 heterocycles. The van der Waals surface area contributed by atoms with Gasteiger partial charge in [-0.2, -0.15) is 0 Å². The molecule has 0 amide bonds. The zero-order valence-electron chi connectivity index (χ0n) is 11.9. The van der Waals surface area contributed by atoms with E-state index in [9.17, 15) is 10.1 Å². The van der Waals surface area contributed by atoms with Crippen molar-refractivity contribution in [2.24, 2.45) is 5.16 Å². The van der Waals surface area contributed by atoms with Gasteiger partial charge >= 0.3 is 0 Å². The predicted octanol–water partition coefficient (Wildman–Crippen LogP) is 3.76. The van der Waals surface area contributed by atoms with Crippen LogP contribution < -0.4 is 0 Å². The second kappa shape index (κ2) is 6.65. The molecule has 0 aliphatic heterocycles. The third-order valence-electron chi connectivity index (χ3n) is 3.08. The van der Waals surface area contributed by atoms with Crippen LogP contribution in [-0.4, -0.2) is 11.1 Å². The van der Waals surface area contributed by atoms with Gasteiger partial charge in [-0.25, -0.2) is 0 Å². The number of oxime groups is 1. The summed E-state index contributed by atoms with van der Waals surface area (Å²) >= 11 is 0. The maximum absolute atomic E-state index is 10.7. The summed E-state index contributed by atoms with van der Waals surface area (Å²) in [5.74, 6) is 0. The van der Waals surface area contributed by atoms with Crippen LogP contribution in [0, 0.1) is 24.0 Å². The van der Waals surface area contributed by atoms with E-state index in [0.717, 1.165) is 11.1 Å². The van der Waals surface area contributed by atoms with Gasteiger partial charge in [0.25, 0.3) is 5.69 Å². The molecule has 0 unspecified atom stereocenters. The standard InChI is InChI=1S/C16H16N2O3/c1-12-6-7-13(2)15(8-12)11-21-17-10-14-4-3-5-16(9-14)18(19)20/h3-10H,11H2,1-2H3/b17-10-. The quantitative estimate of drug-likeness (QED) is 0.477. The largest absolute Gasteiger partial charge is 0.391 e. The summed E-state index contributed by atoms with van der Waals surface area (Å²) in [7, 11) is 0. The van der Waals surface area contributed by atoms with Crippen LogP contribution in [-0.2, 0) is 11.4 Å². The normalized spacial score (nSPS) is 10.8. The molecule has 0 radical (unpaired) electrons. The fraction of sp³-hybridized carbons (Fsp3) is 0.188. The van der Waals surface area contributed by atoms with Crippen molar-refractivity contribution in [1.29, 1.82) is 0 Å². The second-order valence-electron chi connectivity index (χ2n) is 4.79. The van der Waals surface area contributed by atoms with Crippen LogP contribution in [0.4, 0.5) is 5.69 Å². The minimum absolute atomic E-state index is 0.0356. The first kappa shape index (κ1) is 14.7. The van der Waals surface area contributed by atoms with Crippen LogP contribution in [0.25, 0.3) is 0 Å². The SMILES string of the molecule is Cc1ccc(C)c(CO/N=C\c2cccc([N+](=O)[O-])c2)c1. The average molecular weight is 284 g/mol. The summed E-state index contributed by atoms with van der Waals surface area (Å²) in [5, 5.41) is 14.5.